The summed E-state index contributed by atoms with van der Waals surface area (Å²) in [5.41, 5.74) is 0.378. The van der Waals surface area contributed by atoms with Gasteiger partial charge in [-0.25, -0.2) is 4.98 Å². The highest BCUT2D eigenvalue weighted by Gasteiger charge is 2.16. The summed E-state index contributed by atoms with van der Waals surface area (Å²) in [6.45, 7) is 3.98. The molecule has 2 aromatic heterocycles. The van der Waals surface area contributed by atoms with Crippen LogP contribution in [0, 0.1) is 0 Å². The summed E-state index contributed by atoms with van der Waals surface area (Å²) in [4.78, 5) is 21.5. The molecule has 2 aromatic rings. The second-order valence-electron chi connectivity index (χ2n) is 4.07. The summed E-state index contributed by atoms with van der Waals surface area (Å²) in [5, 5.41) is 4.17. The Hall–Kier alpha value is -1.46. The Labute approximate surface area is 120 Å². The number of carbonyl (C=O) groups excluding carboxylic acids is 1. The molecule has 0 aliphatic heterocycles. The molecule has 0 aromatic carbocycles. The summed E-state index contributed by atoms with van der Waals surface area (Å²) in [6.07, 6.45) is 5.81. The van der Waals surface area contributed by atoms with E-state index in [4.69, 9.17) is 11.6 Å². The summed E-state index contributed by atoms with van der Waals surface area (Å²) >= 11 is 7.57. The van der Waals surface area contributed by atoms with Crippen LogP contribution in [0.25, 0.3) is 0 Å². The fourth-order valence-electron chi connectivity index (χ4n) is 1.57. The van der Waals surface area contributed by atoms with Gasteiger partial charge in [-0.15, -0.1) is 11.3 Å². The van der Waals surface area contributed by atoms with Crippen molar-refractivity contribution in [1.82, 2.24) is 15.3 Å². The molecular formula is C13H14ClN3OS. The van der Waals surface area contributed by atoms with Crippen molar-refractivity contribution >= 4 is 28.8 Å². The van der Waals surface area contributed by atoms with E-state index >= 15 is 0 Å². The number of carbonyl (C=O) groups is 1. The topological polar surface area (TPSA) is 54.9 Å². The molecule has 19 heavy (non-hydrogen) atoms. The molecule has 0 aliphatic carbocycles. The number of hydrogen-bond acceptors (Lipinski definition) is 4. The van der Waals surface area contributed by atoms with Gasteiger partial charge in [0, 0.05) is 23.5 Å². The largest absolute Gasteiger partial charge is 0.343 e. The number of aryl methyl sites for hydroxylation is 1. The highest BCUT2D eigenvalue weighted by Crippen LogP contribution is 2.21. The predicted molar refractivity (Wildman–Crippen MR) is 76.6 cm³/mol. The Morgan fingerprint density at radius 1 is 1.53 bits per heavy atom. The third-order valence-corrected chi connectivity index (χ3v) is 4.30. The van der Waals surface area contributed by atoms with Gasteiger partial charge in [-0.2, -0.15) is 0 Å². The van der Waals surface area contributed by atoms with Crippen molar-refractivity contribution in [1.29, 1.82) is 0 Å². The number of amides is 1. The number of hydrogen-bond donors (Lipinski definition) is 1. The predicted octanol–water partition coefficient (Wildman–Crippen LogP) is 3.24. The van der Waals surface area contributed by atoms with Crippen LogP contribution in [-0.2, 0) is 6.42 Å². The Balaban J connectivity index is 2.08. The van der Waals surface area contributed by atoms with Crippen molar-refractivity contribution in [3.63, 3.8) is 0 Å². The number of aromatic nitrogens is 2. The van der Waals surface area contributed by atoms with E-state index < -0.39 is 0 Å². The maximum atomic E-state index is 12.1. The minimum Gasteiger partial charge on any atom is -0.343 e. The number of pyridine rings is 1. The van der Waals surface area contributed by atoms with Crippen molar-refractivity contribution in [2.45, 2.75) is 26.3 Å². The van der Waals surface area contributed by atoms with Gasteiger partial charge in [0.05, 0.1) is 16.6 Å². The zero-order valence-electron chi connectivity index (χ0n) is 10.7. The van der Waals surface area contributed by atoms with Crippen LogP contribution in [0.5, 0.6) is 0 Å². The quantitative estimate of drug-likeness (QED) is 0.942. The molecule has 0 fully saturated rings. The van der Waals surface area contributed by atoms with Gasteiger partial charge in [0.2, 0.25) is 0 Å². The van der Waals surface area contributed by atoms with Crippen LogP contribution in [-0.4, -0.2) is 15.9 Å². The number of nitrogens with zero attached hydrogens (tertiary/aromatic N) is 2. The molecular weight excluding hydrogens is 282 g/mol. The van der Waals surface area contributed by atoms with E-state index in [-0.39, 0.29) is 11.9 Å². The van der Waals surface area contributed by atoms with Gasteiger partial charge in [-0.3, -0.25) is 9.78 Å². The maximum absolute atomic E-state index is 12.1. The van der Waals surface area contributed by atoms with Crippen molar-refractivity contribution < 1.29 is 4.79 Å². The molecule has 0 saturated carbocycles. The van der Waals surface area contributed by atoms with Gasteiger partial charge in [-0.05, 0) is 19.4 Å². The van der Waals surface area contributed by atoms with Crippen LogP contribution in [0.2, 0.25) is 5.02 Å². The summed E-state index contributed by atoms with van der Waals surface area (Å²) in [6, 6.07) is 1.45. The minimum absolute atomic E-state index is 0.144. The van der Waals surface area contributed by atoms with E-state index in [9.17, 15) is 4.79 Å². The van der Waals surface area contributed by atoms with Gasteiger partial charge in [0.25, 0.3) is 5.91 Å². The maximum Gasteiger partial charge on any atom is 0.254 e. The minimum atomic E-state index is -0.237. The third kappa shape index (κ3) is 3.30. The van der Waals surface area contributed by atoms with Crippen molar-refractivity contribution in [3.8, 4) is 0 Å². The molecule has 100 valence electrons. The summed E-state index contributed by atoms with van der Waals surface area (Å²) in [7, 11) is 0. The smallest absolute Gasteiger partial charge is 0.254 e. The van der Waals surface area contributed by atoms with Crippen LogP contribution in [0.1, 0.15) is 40.1 Å². The van der Waals surface area contributed by atoms with Crippen LogP contribution in [0.15, 0.2) is 24.7 Å². The number of rotatable bonds is 4. The number of thiazole rings is 1. The normalized spacial score (nSPS) is 12.2. The van der Waals surface area contributed by atoms with E-state index in [0.29, 0.717) is 10.6 Å². The van der Waals surface area contributed by atoms with Crippen LogP contribution >= 0.6 is 22.9 Å². The first-order valence-corrected chi connectivity index (χ1v) is 7.16. The molecule has 6 heteroatoms. The third-order valence-electron chi connectivity index (χ3n) is 2.65. The lowest BCUT2D eigenvalue weighted by Gasteiger charge is -2.11. The Morgan fingerprint density at radius 2 is 2.32 bits per heavy atom. The van der Waals surface area contributed by atoms with E-state index in [1.165, 1.54) is 11.1 Å². The van der Waals surface area contributed by atoms with E-state index in [2.05, 4.69) is 22.2 Å². The lowest BCUT2D eigenvalue weighted by Crippen LogP contribution is -2.26. The van der Waals surface area contributed by atoms with Crippen LogP contribution < -0.4 is 5.32 Å². The fraction of sp³-hybridized carbons (Fsp3) is 0.308. The molecule has 1 N–H and O–H groups in total. The van der Waals surface area contributed by atoms with E-state index in [0.717, 1.165) is 11.4 Å². The van der Waals surface area contributed by atoms with Crippen LogP contribution in [0.4, 0.5) is 0 Å². The zero-order chi connectivity index (χ0) is 13.8. The molecule has 0 saturated heterocycles. The molecule has 1 unspecified atom stereocenters. The first-order chi connectivity index (χ1) is 9.11. The van der Waals surface area contributed by atoms with Crippen molar-refractivity contribution in [3.05, 3.63) is 45.1 Å². The summed E-state index contributed by atoms with van der Waals surface area (Å²) < 4.78 is 0. The molecule has 2 heterocycles. The second kappa shape index (κ2) is 6.12. The molecule has 0 aliphatic rings. The SMILES string of the molecule is CCc1cnc(C(C)NC(=O)c2cnccc2Cl)s1. The van der Waals surface area contributed by atoms with Gasteiger partial charge < -0.3 is 5.32 Å². The molecule has 0 radical (unpaired) electrons. The average molecular weight is 296 g/mol. The lowest BCUT2D eigenvalue weighted by atomic mass is 10.2. The monoisotopic (exact) mass is 295 g/mol. The Bertz CT molecular complexity index is 585. The van der Waals surface area contributed by atoms with E-state index in [1.54, 1.807) is 23.6 Å². The first kappa shape index (κ1) is 14.0. The molecule has 2 rings (SSSR count). The van der Waals surface area contributed by atoms with Gasteiger partial charge in [-0.1, -0.05) is 18.5 Å². The van der Waals surface area contributed by atoms with Gasteiger partial charge in [0.1, 0.15) is 5.01 Å². The zero-order valence-corrected chi connectivity index (χ0v) is 12.3. The number of nitrogens with one attached hydrogen (secondary N) is 1. The molecule has 0 bridgehead atoms. The fourth-order valence-corrected chi connectivity index (χ4v) is 2.62. The molecule has 1 amide bonds. The van der Waals surface area contributed by atoms with Gasteiger partial charge >= 0.3 is 0 Å². The average Bonchev–Trinajstić information content (AvgIpc) is 2.88. The number of halogens is 1. The highest BCUT2D eigenvalue weighted by atomic mass is 35.5. The van der Waals surface area contributed by atoms with Gasteiger partial charge in [0.15, 0.2) is 0 Å². The standard InChI is InChI=1S/C13H14ClN3OS/c1-3-9-6-16-13(19-9)8(2)17-12(18)10-7-15-5-4-11(10)14/h4-8H,3H2,1-2H3,(H,17,18). The first-order valence-electron chi connectivity index (χ1n) is 5.96. The van der Waals surface area contributed by atoms with Crippen molar-refractivity contribution in [2.24, 2.45) is 0 Å². The van der Waals surface area contributed by atoms with Crippen LogP contribution in [0.3, 0.4) is 0 Å². The second-order valence-corrected chi connectivity index (χ2v) is 5.62. The highest BCUT2D eigenvalue weighted by molar-refractivity contribution is 7.11. The Kier molecular flexibility index (Phi) is 4.50. The molecule has 0 spiro atoms. The Morgan fingerprint density at radius 3 is 2.95 bits per heavy atom. The molecule has 1 atom stereocenters. The van der Waals surface area contributed by atoms with Crippen molar-refractivity contribution in [2.75, 3.05) is 0 Å². The lowest BCUT2D eigenvalue weighted by molar-refractivity contribution is 0.0939. The summed E-state index contributed by atoms with van der Waals surface area (Å²) in [5.74, 6) is -0.237. The molecule has 4 nitrogen and oxygen atoms in total. The van der Waals surface area contributed by atoms with E-state index in [1.807, 2.05) is 13.1 Å².